The van der Waals surface area contributed by atoms with Crippen molar-refractivity contribution in [3.8, 4) is 0 Å². The molecule has 4 aliphatic carbocycles. The predicted octanol–water partition coefficient (Wildman–Crippen LogP) is 2.93. The van der Waals surface area contributed by atoms with E-state index in [2.05, 4.69) is 30.8 Å². The first-order chi connectivity index (χ1) is 23.4. The largest absolute Gasteiger partial charge is 0.468 e. The van der Waals surface area contributed by atoms with E-state index in [9.17, 15) is 45.0 Å². The van der Waals surface area contributed by atoms with Crippen molar-refractivity contribution < 1.29 is 54.5 Å². The van der Waals surface area contributed by atoms with Crippen LogP contribution in [-0.4, -0.2) is 104 Å². The number of fused-ring (bicyclic) bond motifs is 4. The second-order valence-electron chi connectivity index (χ2n) is 18.3. The Bertz CT molecular complexity index is 1350. The normalized spacial score (nSPS) is 36.9. The standard InChI is InChI=1S/C39H65NO11/c1-34(2)27-12-11-24-25(16-29(43)39(8)23(14-15-38(24,39)7)22(21-41)10-13-28(42)35(3,4)48)37(27,6)17-26(33(34)47)51-31(45)19-36(5,49)18-30(44)40-20-32(46)50-9/h22-23,26-29,33,41-43,47-49H,10-21H2,1-9H3,(H,40,44)/t22-,23+,26+,27-,28+,29-,33-,36?,37+,38-,39-/m0/s1. The van der Waals surface area contributed by atoms with Crippen molar-refractivity contribution in [3.63, 3.8) is 0 Å². The molecule has 292 valence electrons. The first-order valence-electron chi connectivity index (χ1n) is 18.7. The minimum absolute atomic E-state index is 0.00440. The van der Waals surface area contributed by atoms with E-state index in [1.54, 1.807) is 13.8 Å². The zero-order chi connectivity index (χ0) is 38.5. The Morgan fingerprint density at radius 2 is 1.61 bits per heavy atom. The fourth-order valence-corrected chi connectivity index (χ4v) is 11.1. The predicted molar refractivity (Wildman–Crippen MR) is 189 cm³/mol. The fourth-order valence-electron chi connectivity index (χ4n) is 11.1. The van der Waals surface area contributed by atoms with E-state index in [0.717, 1.165) is 25.7 Å². The molecule has 0 aromatic rings. The number of ether oxygens (including phenoxy) is 2. The average Bonchev–Trinajstić information content (AvgIpc) is 3.30. The number of nitrogens with one attached hydrogen (secondary N) is 1. The SMILES string of the molecule is COC(=O)CNC(=O)CC(C)(O)CC(=O)O[C@@H]1C[C@]2(C)C3=C(CC[C@H]2C(C)(C)[C@H]1O)[C@]1(C)CC[C@H]([C@H](CO)CC[C@@H](O)C(C)(C)O)[C@@]1(C)[C@@H](O)C3. The molecule has 7 N–H and O–H groups in total. The number of carbonyl (C=O) groups excluding carboxylic acids is 3. The van der Waals surface area contributed by atoms with Gasteiger partial charge in [0.2, 0.25) is 5.91 Å². The topological polar surface area (TPSA) is 203 Å². The van der Waals surface area contributed by atoms with E-state index in [-0.39, 0.29) is 36.3 Å². The number of aliphatic hydroxyl groups is 6. The summed E-state index contributed by atoms with van der Waals surface area (Å²) < 4.78 is 10.5. The Balaban J connectivity index is 1.58. The van der Waals surface area contributed by atoms with E-state index >= 15 is 0 Å². The van der Waals surface area contributed by atoms with Gasteiger partial charge < -0.3 is 45.4 Å². The summed E-state index contributed by atoms with van der Waals surface area (Å²) in [5.41, 5.74) is -2.57. The number of hydrogen-bond acceptors (Lipinski definition) is 11. The molecule has 0 aromatic carbocycles. The van der Waals surface area contributed by atoms with Crippen LogP contribution in [0.25, 0.3) is 0 Å². The first kappa shape index (κ1) is 41.7. The number of hydrogen-bond donors (Lipinski definition) is 7. The molecule has 51 heavy (non-hydrogen) atoms. The monoisotopic (exact) mass is 723 g/mol. The molecule has 0 bridgehead atoms. The lowest BCUT2D eigenvalue weighted by atomic mass is 9.42. The second-order valence-corrected chi connectivity index (χ2v) is 18.3. The molecule has 1 amide bonds. The molecule has 0 saturated heterocycles. The van der Waals surface area contributed by atoms with E-state index < -0.39 is 82.6 Å². The second kappa shape index (κ2) is 14.6. The summed E-state index contributed by atoms with van der Waals surface area (Å²) in [6.45, 7) is 14.6. The number of esters is 2. The number of methoxy groups -OCH3 is 1. The molecular formula is C39H65NO11. The van der Waals surface area contributed by atoms with Gasteiger partial charge in [-0.15, -0.1) is 0 Å². The molecule has 2 fully saturated rings. The quantitative estimate of drug-likeness (QED) is 0.109. The van der Waals surface area contributed by atoms with Crippen LogP contribution in [0.3, 0.4) is 0 Å². The van der Waals surface area contributed by atoms with Gasteiger partial charge in [0.15, 0.2) is 0 Å². The summed E-state index contributed by atoms with van der Waals surface area (Å²) in [6.07, 6.45) is 0.488. The summed E-state index contributed by atoms with van der Waals surface area (Å²) >= 11 is 0. The van der Waals surface area contributed by atoms with Gasteiger partial charge in [-0.2, -0.15) is 0 Å². The van der Waals surface area contributed by atoms with Crippen LogP contribution < -0.4 is 5.32 Å². The van der Waals surface area contributed by atoms with Crippen molar-refractivity contribution in [2.45, 2.75) is 155 Å². The molecule has 4 rings (SSSR count). The maximum absolute atomic E-state index is 13.3. The highest BCUT2D eigenvalue weighted by Crippen LogP contribution is 2.72. The van der Waals surface area contributed by atoms with Crippen molar-refractivity contribution >= 4 is 17.8 Å². The number of rotatable bonds is 13. The number of carbonyl (C=O) groups is 3. The minimum Gasteiger partial charge on any atom is -0.468 e. The maximum Gasteiger partial charge on any atom is 0.325 e. The highest BCUT2D eigenvalue weighted by atomic mass is 16.6. The molecule has 1 unspecified atom stereocenters. The maximum atomic E-state index is 13.3. The van der Waals surface area contributed by atoms with Crippen molar-refractivity contribution in [1.29, 1.82) is 0 Å². The summed E-state index contributed by atoms with van der Waals surface area (Å²) in [4.78, 5) is 37.0. The van der Waals surface area contributed by atoms with Crippen LogP contribution in [-0.2, 0) is 23.9 Å². The molecule has 0 aliphatic heterocycles. The molecular weight excluding hydrogens is 658 g/mol. The van der Waals surface area contributed by atoms with Crippen molar-refractivity contribution in [3.05, 3.63) is 11.1 Å². The molecule has 0 radical (unpaired) electrons. The van der Waals surface area contributed by atoms with E-state index in [1.807, 2.05) is 13.8 Å². The van der Waals surface area contributed by atoms with Gasteiger partial charge in [0.25, 0.3) is 0 Å². The number of aliphatic hydroxyl groups excluding tert-OH is 4. The zero-order valence-electron chi connectivity index (χ0n) is 32.3. The molecule has 2 saturated carbocycles. The molecule has 4 aliphatic rings. The van der Waals surface area contributed by atoms with Crippen molar-refractivity contribution in [2.75, 3.05) is 20.3 Å². The Morgan fingerprint density at radius 1 is 0.961 bits per heavy atom. The van der Waals surface area contributed by atoms with Crippen molar-refractivity contribution in [2.24, 2.45) is 39.4 Å². The van der Waals surface area contributed by atoms with Gasteiger partial charge in [0.1, 0.15) is 12.6 Å². The molecule has 12 nitrogen and oxygen atoms in total. The van der Waals surface area contributed by atoms with Gasteiger partial charge in [-0.25, -0.2) is 0 Å². The summed E-state index contributed by atoms with van der Waals surface area (Å²) in [7, 11) is 1.19. The van der Waals surface area contributed by atoms with E-state index in [0.29, 0.717) is 25.7 Å². The van der Waals surface area contributed by atoms with Gasteiger partial charge in [-0.3, -0.25) is 14.4 Å². The van der Waals surface area contributed by atoms with Crippen LogP contribution in [0.5, 0.6) is 0 Å². The van der Waals surface area contributed by atoms with Gasteiger partial charge in [0, 0.05) is 12.0 Å². The Kier molecular flexibility index (Phi) is 11.9. The molecule has 12 heteroatoms. The highest BCUT2D eigenvalue weighted by molar-refractivity contribution is 5.83. The number of allylic oxidation sites excluding steroid dienone is 1. The smallest absolute Gasteiger partial charge is 0.325 e. The lowest BCUT2D eigenvalue weighted by Crippen LogP contribution is -2.62. The Labute approximate surface area is 303 Å². The third-order valence-corrected chi connectivity index (χ3v) is 14.3. The van der Waals surface area contributed by atoms with Crippen LogP contribution in [0.15, 0.2) is 11.1 Å². The van der Waals surface area contributed by atoms with Gasteiger partial charge in [-0.1, -0.05) is 45.8 Å². The highest BCUT2D eigenvalue weighted by Gasteiger charge is 2.67. The average molecular weight is 724 g/mol. The van der Waals surface area contributed by atoms with Crippen LogP contribution in [0.4, 0.5) is 0 Å². The first-order valence-corrected chi connectivity index (χ1v) is 18.7. The third kappa shape index (κ3) is 7.65. The molecule has 11 atom stereocenters. The van der Waals surface area contributed by atoms with Crippen LogP contribution in [0.1, 0.15) is 120 Å². The van der Waals surface area contributed by atoms with Crippen molar-refractivity contribution in [1.82, 2.24) is 5.32 Å². The fraction of sp³-hybridized carbons (Fsp3) is 0.872. The Hall–Kier alpha value is -2.09. The summed E-state index contributed by atoms with van der Waals surface area (Å²) in [5.74, 6) is -2.13. The van der Waals surface area contributed by atoms with Crippen LogP contribution in [0.2, 0.25) is 0 Å². The van der Waals surface area contributed by atoms with Gasteiger partial charge in [0.05, 0.1) is 49.5 Å². The summed E-state index contributed by atoms with van der Waals surface area (Å²) in [6, 6.07) is 0. The lowest BCUT2D eigenvalue weighted by molar-refractivity contribution is -0.193. The Morgan fingerprint density at radius 3 is 2.20 bits per heavy atom. The molecule has 0 heterocycles. The molecule has 0 spiro atoms. The van der Waals surface area contributed by atoms with Gasteiger partial charge in [-0.05, 0) is 106 Å². The zero-order valence-corrected chi connectivity index (χ0v) is 32.3. The van der Waals surface area contributed by atoms with Crippen LogP contribution >= 0.6 is 0 Å². The minimum atomic E-state index is -1.76. The third-order valence-electron chi connectivity index (χ3n) is 14.3. The lowest BCUT2D eigenvalue weighted by Gasteiger charge is -2.64. The van der Waals surface area contributed by atoms with Crippen LogP contribution in [0, 0.1) is 39.4 Å². The molecule has 0 aromatic heterocycles. The van der Waals surface area contributed by atoms with E-state index in [4.69, 9.17) is 4.74 Å². The number of amides is 1. The van der Waals surface area contributed by atoms with E-state index in [1.165, 1.54) is 25.2 Å². The van der Waals surface area contributed by atoms with Gasteiger partial charge >= 0.3 is 11.9 Å². The summed E-state index contributed by atoms with van der Waals surface area (Å²) in [5, 5.41) is 68.6.